The van der Waals surface area contributed by atoms with Crippen molar-refractivity contribution in [3.05, 3.63) is 63.9 Å². The largest absolute Gasteiger partial charge is 0.325 e. The molecule has 3 aromatic rings. The summed E-state index contributed by atoms with van der Waals surface area (Å²) in [6.07, 6.45) is 0. The number of fused-ring (bicyclic) bond motifs is 1. The number of aromatic nitrogens is 2. The summed E-state index contributed by atoms with van der Waals surface area (Å²) in [5, 5.41) is 4.02. The Morgan fingerprint density at radius 2 is 1.96 bits per heavy atom. The fourth-order valence-corrected chi connectivity index (χ4v) is 3.29. The van der Waals surface area contributed by atoms with E-state index in [1.807, 2.05) is 44.2 Å². The van der Waals surface area contributed by atoms with Crippen LogP contribution in [0, 0.1) is 13.8 Å². The summed E-state index contributed by atoms with van der Waals surface area (Å²) in [6.45, 7) is 3.94. The number of nitrogens with zero attached hydrogens (tertiary/aromatic N) is 2. The molecule has 3 rings (SSSR count). The molecule has 1 heterocycles. The third kappa shape index (κ3) is 3.74. The second kappa shape index (κ2) is 7.11. The zero-order chi connectivity index (χ0) is 18.0. The van der Waals surface area contributed by atoms with Crippen LogP contribution in [0.2, 0.25) is 0 Å². The minimum Gasteiger partial charge on any atom is -0.325 e. The number of rotatable bonds is 4. The summed E-state index contributed by atoms with van der Waals surface area (Å²) in [5.74, 6) is 0.0625. The molecule has 0 spiro atoms. The summed E-state index contributed by atoms with van der Waals surface area (Å²) in [4.78, 5) is 29.1. The first-order chi connectivity index (χ1) is 12.0. The van der Waals surface area contributed by atoms with Crippen LogP contribution in [-0.4, -0.2) is 21.2 Å². The third-order valence-corrected chi connectivity index (χ3v) is 4.97. The number of para-hydroxylation sites is 1. The maximum absolute atomic E-state index is 12.4. The van der Waals surface area contributed by atoms with Crippen molar-refractivity contribution in [2.24, 2.45) is 7.05 Å². The number of aryl methyl sites for hydroxylation is 2. The van der Waals surface area contributed by atoms with Gasteiger partial charge >= 0.3 is 0 Å². The maximum Gasteiger partial charge on any atom is 0.261 e. The number of benzene rings is 2. The number of hydrogen-bond acceptors (Lipinski definition) is 4. The monoisotopic (exact) mass is 353 g/mol. The highest BCUT2D eigenvalue weighted by molar-refractivity contribution is 7.99. The van der Waals surface area contributed by atoms with E-state index in [9.17, 15) is 9.59 Å². The zero-order valence-corrected chi connectivity index (χ0v) is 15.2. The van der Waals surface area contributed by atoms with Gasteiger partial charge in [-0.2, -0.15) is 0 Å². The fraction of sp³-hybridized carbons (Fsp3) is 0.211. The zero-order valence-electron chi connectivity index (χ0n) is 14.4. The fourth-order valence-electron chi connectivity index (χ4n) is 2.51. The minimum absolute atomic E-state index is 0.108. The molecule has 0 fully saturated rings. The predicted molar refractivity (Wildman–Crippen MR) is 102 cm³/mol. The van der Waals surface area contributed by atoms with Crippen molar-refractivity contribution < 1.29 is 4.79 Å². The van der Waals surface area contributed by atoms with Gasteiger partial charge in [-0.3, -0.25) is 14.2 Å². The molecule has 0 bridgehead atoms. The number of carbonyl (C=O) groups excluding carboxylic acids is 1. The molecule has 25 heavy (non-hydrogen) atoms. The molecule has 0 saturated carbocycles. The number of hydrogen-bond donors (Lipinski definition) is 1. The number of anilines is 1. The lowest BCUT2D eigenvalue weighted by Gasteiger charge is -2.11. The molecule has 128 valence electrons. The first-order valence-electron chi connectivity index (χ1n) is 7.91. The molecule has 0 unspecified atom stereocenters. The van der Waals surface area contributed by atoms with Gasteiger partial charge in [0, 0.05) is 12.7 Å². The lowest BCUT2D eigenvalue weighted by Crippen LogP contribution is -2.21. The Labute approximate surface area is 150 Å². The van der Waals surface area contributed by atoms with Crippen molar-refractivity contribution in [3.8, 4) is 0 Å². The van der Waals surface area contributed by atoms with Gasteiger partial charge in [0.05, 0.1) is 16.7 Å². The lowest BCUT2D eigenvalue weighted by molar-refractivity contribution is -0.113. The van der Waals surface area contributed by atoms with Crippen LogP contribution in [0.3, 0.4) is 0 Å². The van der Waals surface area contributed by atoms with Gasteiger partial charge < -0.3 is 5.32 Å². The molecule has 0 aliphatic rings. The molecule has 1 N–H and O–H groups in total. The van der Waals surface area contributed by atoms with E-state index in [1.54, 1.807) is 19.2 Å². The summed E-state index contributed by atoms with van der Waals surface area (Å²) >= 11 is 1.25. The molecule has 2 aromatic carbocycles. The summed E-state index contributed by atoms with van der Waals surface area (Å²) in [5.41, 5.74) is 3.45. The molecule has 5 nitrogen and oxygen atoms in total. The molecule has 0 aliphatic heterocycles. The van der Waals surface area contributed by atoms with Gasteiger partial charge in [-0.05, 0) is 43.2 Å². The highest BCUT2D eigenvalue weighted by atomic mass is 32.2. The predicted octanol–water partition coefficient (Wildman–Crippen LogP) is 3.28. The van der Waals surface area contributed by atoms with Crippen LogP contribution < -0.4 is 10.9 Å². The number of thioether (sulfide) groups is 1. The van der Waals surface area contributed by atoms with E-state index in [0.29, 0.717) is 16.1 Å². The van der Waals surface area contributed by atoms with Crippen molar-refractivity contribution in [1.82, 2.24) is 9.55 Å². The molecule has 0 aliphatic carbocycles. The van der Waals surface area contributed by atoms with Crippen molar-refractivity contribution in [3.63, 3.8) is 0 Å². The first kappa shape index (κ1) is 17.2. The SMILES string of the molecule is Cc1ccc(C)c(NC(=O)CSc2nc3ccccc3c(=O)n2C)c1. The molecule has 0 radical (unpaired) electrons. The Kier molecular flexibility index (Phi) is 4.90. The van der Waals surface area contributed by atoms with Gasteiger partial charge in [-0.15, -0.1) is 0 Å². The summed E-state index contributed by atoms with van der Waals surface area (Å²) in [7, 11) is 1.67. The molecular formula is C19H19N3O2S. The van der Waals surface area contributed by atoms with Crippen molar-refractivity contribution in [1.29, 1.82) is 0 Å². The highest BCUT2D eigenvalue weighted by Gasteiger charge is 2.11. The van der Waals surface area contributed by atoms with E-state index >= 15 is 0 Å². The van der Waals surface area contributed by atoms with Gasteiger partial charge in [-0.1, -0.05) is 36.0 Å². The average molecular weight is 353 g/mol. The van der Waals surface area contributed by atoms with E-state index in [2.05, 4.69) is 10.3 Å². The van der Waals surface area contributed by atoms with E-state index in [1.165, 1.54) is 16.3 Å². The van der Waals surface area contributed by atoms with Crippen molar-refractivity contribution in [2.45, 2.75) is 19.0 Å². The van der Waals surface area contributed by atoms with Crippen LogP contribution in [-0.2, 0) is 11.8 Å². The Balaban J connectivity index is 1.76. The molecule has 0 atom stereocenters. The average Bonchev–Trinajstić information content (AvgIpc) is 2.60. The lowest BCUT2D eigenvalue weighted by atomic mass is 10.1. The molecule has 6 heteroatoms. The highest BCUT2D eigenvalue weighted by Crippen LogP contribution is 2.19. The topological polar surface area (TPSA) is 64.0 Å². The van der Waals surface area contributed by atoms with Crippen molar-refractivity contribution >= 4 is 34.3 Å². The molecule has 1 amide bonds. The van der Waals surface area contributed by atoms with Crippen LogP contribution in [0.25, 0.3) is 10.9 Å². The van der Waals surface area contributed by atoms with Gasteiger partial charge in [0.15, 0.2) is 5.16 Å². The van der Waals surface area contributed by atoms with Crippen LogP contribution in [0.15, 0.2) is 52.4 Å². The molecule has 0 saturated heterocycles. The van der Waals surface area contributed by atoms with E-state index in [4.69, 9.17) is 0 Å². The number of nitrogens with one attached hydrogen (secondary N) is 1. The minimum atomic E-state index is -0.124. The Morgan fingerprint density at radius 3 is 2.76 bits per heavy atom. The van der Waals surface area contributed by atoms with Gasteiger partial charge in [0.1, 0.15) is 0 Å². The van der Waals surface area contributed by atoms with E-state index in [-0.39, 0.29) is 17.2 Å². The molecular weight excluding hydrogens is 334 g/mol. The third-order valence-electron chi connectivity index (χ3n) is 3.94. The Morgan fingerprint density at radius 1 is 1.20 bits per heavy atom. The van der Waals surface area contributed by atoms with Gasteiger partial charge in [-0.25, -0.2) is 4.98 Å². The Bertz CT molecular complexity index is 1010. The number of carbonyl (C=O) groups is 1. The standard InChI is InChI=1S/C19H19N3O2S/c1-12-8-9-13(2)16(10-12)20-17(23)11-25-19-21-15-7-5-4-6-14(15)18(24)22(19)3/h4-10H,11H2,1-3H3,(H,20,23). The second-order valence-electron chi connectivity index (χ2n) is 5.93. The smallest absolute Gasteiger partial charge is 0.261 e. The first-order valence-corrected chi connectivity index (χ1v) is 8.90. The Hall–Kier alpha value is -2.60. The summed E-state index contributed by atoms with van der Waals surface area (Å²) in [6, 6.07) is 13.2. The van der Waals surface area contributed by atoms with Crippen molar-refractivity contribution in [2.75, 3.05) is 11.1 Å². The van der Waals surface area contributed by atoms with Crippen LogP contribution in [0.1, 0.15) is 11.1 Å². The molecule has 1 aromatic heterocycles. The second-order valence-corrected chi connectivity index (χ2v) is 6.87. The number of amides is 1. The van der Waals surface area contributed by atoms with Gasteiger partial charge in [0.2, 0.25) is 5.91 Å². The van der Waals surface area contributed by atoms with Crippen LogP contribution >= 0.6 is 11.8 Å². The summed E-state index contributed by atoms with van der Waals surface area (Å²) < 4.78 is 1.48. The maximum atomic E-state index is 12.4. The van der Waals surface area contributed by atoms with E-state index in [0.717, 1.165) is 16.8 Å². The quantitative estimate of drug-likeness (QED) is 0.577. The normalized spacial score (nSPS) is 10.8. The van der Waals surface area contributed by atoms with E-state index < -0.39 is 0 Å². The van der Waals surface area contributed by atoms with Crippen LogP contribution in [0.4, 0.5) is 5.69 Å². The van der Waals surface area contributed by atoms with Gasteiger partial charge in [0.25, 0.3) is 5.56 Å². The van der Waals surface area contributed by atoms with Crippen LogP contribution in [0.5, 0.6) is 0 Å².